The van der Waals surface area contributed by atoms with Crippen molar-refractivity contribution in [1.29, 1.82) is 0 Å². The molecule has 1 fully saturated rings. The van der Waals surface area contributed by atoms with E-state index in [1.165, 1.54) is 6.26 Å². The highest BCUT2D eigenvalue weighted by atomic mass is 32.2. The number of nitrogens with one attached hydrogen (secondary N) is 2. The number of aromatic nitrogens is 2. The molecule has 22 heavy (non-hydrogen) atoms. The quantitative estimate of drug-likeness (QED) is 0.835. The fraction of sp³-hybridized carbons (Fsp3) is 0.643. The average Bonchev–Trinajstić information content (AvgIpc) is 2.94. The molecule has 8 heteroatoms. The molecule has 3 rings (SSSR count). The predicted molar refractivity (Wildman–Crippen MR) is 86.7 cm³/mol. The lowest BCUT2D eigenvalue weighted by atomic mass is 9.93. The van der Waals surface area contributed by atoms with Crippen LogP contribution in [0.2, 0.25) is 0 Å². The van der Waals surface area contributed by atoms with E-state index >= 15 is 0 Å². The van der Waals surface area contributed by atoms with Crippen molar-refractivity contribution in [2.24, 2.45) is 5.92 Å². The smallest absolute Gasteiger partial charge is 0.208 e. The van der Waals surface area contributed by atoms with Crippen molar-refractivity contribution in [2.45, 2.75) is 25.4 Å². The summed E-state index contributed by atoms with van der Waals surface area (Å²) in [6, 6.07) is 0. The van der Waals surface area contributed by atoms with E-state index in [4.69, 9.17) is 0 Å². The Hall–Kier alpha value is -1.38. The van der Waals surface area contributed by atoms with E-state index in [9.17, 15) is 8.42 Å². The normalized spacial score (nSPS) is 23.2. The highest BCUT2D eigenvalue weighted by molar-refractivity contribution is 7.88. The van der Waals surface area contributed by atoms with Gasteiger partial charge in [0, 0.05) is 25.8 Å². The first-order chi connectivity index (χ1) is 10.5. The number of nitrogens with zero attached hydrogens (tertiary/aromatic N) is 3. The summed E-state index contributed by atoms with van der Waals surface area (Å²) in [5.41, 5.74) is 0. The molecule has 1 aromatic rings. The lowest BCUT2D eigenvalue weighted by Crippen LogP contribution is -2.45. The van der Waals surface area contributed by atoms with Crippen molar-refractivity contribution in [3.63, 3.8) is 0 Å². The van der Waals surface area contributed by atoms with Crippen LogP contribution in [0.3, 0.4) is 0 Å². The largest absolute Gasteiger partial charge is 0.351 e. The molecule has 0 bridgehead atoms. The molecule has 0 aromatic carbocycles. The highest BCUT2D eigenvalue weighted by Gasteiger charge is 2.25. The Balaban J connectivity index is 1.44. The van der Waals surface area contributed by atoms with Gasteiger partial charge in [-0.15, -0.1) is 0 Å². The third kappa shape index (κ3) is 3.88. The Morgan fingerprint density at radius 1 is 1.41 bits per heavy atom. The van der Waals surface area contributed by atoms with E-state index in [0.29, 0.717) is 12.5 Å². The van der Waals surface area contributed by atoms with Crippen molar-refractivity contribution < 1.29 is 8.42 Å². The van der Waals surface area contributed by atoms with Gasteiger partial charge in [0.25, 0.3) is 0 Å². The van der Waals surface area contributed by atoms with Crippen molar-refractivity contribution in [3.8, 4) is 0 Å². The molecule has 1 atom stereocenters. The summed E-state index contributed by atoms with van der Waals surface area (Å²) in [6.45, 7) is 2.60. The first kappa shape index (κ1) is 15.5. The second-order valence-corrected chi connectivity index (χ2v) is 7.88. The van der Waals surface area contributed by atoms with Gasteiger partial charge in [-0.25, -0.2) is 18.1 Å². The molecule has 1 aromatic heterocycles. The van der Waals surface area contributed by atoms with Gasteiger partial charge >= 0.3 is 0 Å². The minimum absolute atomic E-state index is 0.222. The first-order valence-electron chi connectivity index (χ1n) is 7.67. The van der Waals surface area contributed by atoms with Gasteiger partial charge in [0.05, 0.1) is 12.5 Å². The zero-order chi connectivity index (χ0) is 15.6. The van der Waals surface area contributed by atoms with Gasteiger partial charge in [0.15, 0.2) is 0 Å². The Morgan fingerprint density at radius 2 is 2.18 bits per heavy atom. The molecule has 2 N–H and O–H groups in total. The van der Waals surface area contributed by atoms with Crippen LogP contribution < -0.4 is 10.0 Å². The summed E-state index contributed by atoms with van der Waals surface area (Å²) in [7, 11) is -3.06. The minimum Gasteiger partial charge on any atom is -0.351 e. The lowest BCUT2D eigenvalue weighted by Gasteiger charge is -2.38. The van der Waals surface area contributed by atoms with E-state index in [-0.39, 0.29) is 6.17 Å². The molecular weight excluding hydrogens is 302 g/mol. The number of sulfonamides is 1. The predicted octanol–water partition coefficient (Wildman–Crippen LogP) is 0.757. The Morgan fingerprint density at radius 3 is 2.91 bits per heavy atom. The number of hydrogen-bond acceptors (Lipinski definition) is 5. The number of piperidine rings is 1. The second kappa shape index (κ2) is 6.39. The van der Waals surface area contributed by atoms with Crippen molar-refractivity contribution in [1.82, 2.24) is 19.2 Å². The fourth-order valence-electron chi connectivity index (χ4n) is 3.09. The Kier molecular flexibility index (Phi) is 4.51. The van der Waals surface area contributed by atoms with Crippen LogP contribution in [-0.4, -0.2) is 54.9 Å². The molecule has 1 unspecified atom stereocenters. The monoisotopic (exact) mass is 325 g/mol. The van der Waals surface area contributed by atoms with E-state index in [2.05, 4.69) is 26.0 Å². The first-order valence-corrected chi connectivity index (χ1v) is 9.56. The molecule has 1 saturated heterocycles. The Bertz CT molecular complexity index is 631. The number of hydrogen-bond donors (Lipinski definition) is 2. The van der Waals surface area contributed by atoms with Crippen LogP contribution in [0.5, 0.6) is 0 Å². The maximum Gasteiger partial charge on any atom is 0.208 e. The summed E-state index contributed by atoms with van der Waals surface area (Å²) >= 11 is 0. The molecule has 0 spiro atoms. The van der Waals surface area contributed by atoms with Crippen LogP contribution >= 0.6 is 0 Å². The van der Waals surface area contributed by atoms with Gasteiger partial charge in [-0.3, -0.25) is 9.47 Å². The molecule has 122 valence electrons. The third-order valence-corrected chi connectivity index (χ3v) is 5.08. The number of fused-ring (bicyclic) bond motifs is 1. The zero-order valence-electron chi connectivity index (χ0n) is 12.8. The highest BCUT2D eigenvalue weighted by Crippen LogP contribution is 2.24. The van der Waals surface area contributed by atoms with Crippen LogP contribution in [0.25, 0.3) is 6.20 Å². The fourth-order valence-corrected chi connectivity index (χ4v) is 3.58. The van der Waals surface area contributed by atoms with E-state index < -0.39 is 10.0 Å². The second-order valence-electron chi connectivity index (χ2n) is 6.05. The molecule has 0 aliphatic carbocycles. The molecule has 0 radical (unpaired) electrons. The summed E-state index contributed by atoms with van der Waals surface area (Å²) in [4.78, 5) is 6.55. The van der Waals surface area contributed by atoms with E-state index in [1.54, 1.807) is 6.33 Å². The number of rotatable bonds is 5. The van der Waals surface area contributed by atoms with Crippen LogP contribution in [0.4, 0.5) is 5.82 Å². The van der Waals surface area contributed by atoms with E-state index in [1.807, 2.05) is 17.0 Å². The van der Waals surface area contributed by atoms with Gasteiger partial charge in [0.2, 0.25) is 10.0 Å². The number of likely N-dealkylation sites (tertiary alicyclic amines) is 1. The van der Waals surface area contributed by atoms with Crippen molar-refractivity contribution in [3.05, 3.63) is 18.6 Å². The SMILES string of the molecule is CS(=O)(=O)NCCC1CCN(C2C=Cn3cncc3N2)CC1. The van der Waals surface area contributed by atoms with Gasteiger partial charge < -0.3 is 5.32 Å². The van der Waals surface area contributed by atoms with Crippen LogP contribution in [0.1, 0.15) is 19.3 Å². The minimum atomic E-state index is -3.06. The number of anilines is 1. The standard InChI is InChI=1S/C14H23N5O2S/c1-22(20,21)16-6-2-12-3-7-18(8-4-12)13-5-9-19-11-15-10-14(19)17-13/h5,9-13,16-17H,2-4,6-8H2,1H3. The van der Waals surface area contributed by atoms with Crippen LogP contribution in [0.15, 0.2) is 18.6 Å². The van der Waals surface area contributed by atoms with Crippen LogP contribution in [-0.2, 0) is 10.0 Å². The third-order valence-electron chi connectivity index (χ3n) is 4.35. The summed E-state index contributed by atoms with van der Waals surface area (Å²) in [6.07, 6.45) is 12.4. The Labute approximate surface area is 131 Å². The molecule has 2 aliphatic heterocycles. The maximum atomic E-state index is 11.1. The summed E-state index contributed by atoms with van der Waals surface area (Å²) in [5, 5.41) is 3.47. The van der Waals surface area contributed by atoms with Crippen molar-refractivity contribution in [2.75, 3.05) is 31.2 Å². The zero-order valence-corrected chi connectivity index (χ0v) is 13.6. The molecule has 2 aliphatic rings. The molecule has 7 nitrogen and oxygen atoms in total. The number of imidazole rings is 1. The van der Waals surface area contributed by atoms with Gasteiger partial charge in [-0.1, -0.05) is 0 Å². The van der Waals surface area contributed by atoms with Crippen LogP contribution in [0, 0.1) is 5.92 Å². The van der Waals surface area contributed by atoms with Crippen molar-refractivity contribution >= 4 is 22.0 Å². The maximum absolute atomic E-state index is 11.1. The van der Waals surface area contributed by atoms with Gasteiger partial charge in [-0.05, 0) is 31.3 Å². The van der Waals surface area contributed by atoms with E-state index in [0.717, 1.165) is 38.2 Å². The lowest BCUT2D eigenvalue weighted by molar-refractivity contribution is 0.161. The average molecular weight is 325 g/mol. The molecular formula is C14H23N5O2S. The van der Waals surface area contributed by atoms with Gasteiger partial charge in [-0.2, -0.15) is 0 Å². The van der Waals surface area contributed by atoms with Gasteiger partial charge in [0.1, 0.15) is 18.3 Å². The summed E-state index contributed by atoms with van der Waals surface area (Å²) < 4.78 is 26.7. The molecule has 0 saturated carbocycles. The molecule has 3 heterocycles. The topological polar surface area (TPSA) is 79.3 Å². The molecule has 0 amide bonds. The summed E-state index contributed by atoms with van der Waals surface area (Å²) in [5.74, 6) is 1.62.